The summed E-state index contributed by atoms with van der Waals surface area (Å²) < 4.78 is 45.5. The van der Waals surface area contributed by atoms with Crippen LogP contribution < -0.4 is 0 Å². The van der Waals surface area contributed by atoms with Crippen molar-refractivity contribution in [2.75, 3.05) is 27.2 Å². The molecule has 0 heterocycles. The van der Waals surface area contributed by atoms with Crippen molar-refractivity contribution in [3.8, 4) is 0 Å². The maximum atomic E-state index is 8.17. The molecule has 0 radical (unpaired) electrons. The Hall–Kier alpha value is -1.64. The van der Waals surface area contributed by atoms with E-state index in [9.17, 15) is 0 Å². The molecule has 0 bridgehead atoms. The number of rotatable bonds is 6. The number of likely N-dealkylation sites (N-methyl/N-ethyl adjacent to an activating group) is 1. The van der Waals surface area contributed by atoms with Crippen molar-refractivity contribution in [2.24, 2.45) is 0 Å². The Morgan fingerprint density at radius 1 is 1.10 bits per heavy atom. The molecule has 1 unspecified atom stereocenters. The molecular weight excluding hydrogens is 246 g/mol. The molecule has 0 aliphatic rings. The molecular formula is C18H23NO. The van der Waals surface area contributed by atoms with E-state index >= 15 is 0 Å². The molecule has 0 aromatic heterocycles. The molecule has 0 N–H and O–H groups in total. The number of hydrogen-bond donors (Lipinski definition) is 0. The minimum atomic E-state index is -2.30. The number of aryl methyl sites for hydroxylation is 1. The van der Waals surface area contributed by atoms with Crippen molar-refractivity contribution in [3.63, 3.8) is 0 Å². The average Bonchev–Trinajstić information content (AvgIpc) is 2.51. The van der Waals surface area contributed by atoms with Gasteiger partial charge in [-0.3, -0.25) is 0 Å². The summed E-state index contributed by atoms with van der Waals surface area (Å²) in [6.45, 7) is -4.18. The second-order valence-electron chi connectivity index (χ2n) is 4.88. The van der Waals surface area contributed by atoms with Gasteiger partial charge in [0.1, 0.15) is 6.10 Å². The molecule has 0 aliphatic carbocycles. The van der Waals surface area contributed by atoms with E-state index < -0.39 is 19.5 Å². The van der Waals surface area contributed by atoms with Gasteiger partial charge in [0, 0.05) is 10.7 Å². The highest BCUT2D eigenvalue weighted by atomic mass is 16.5. The Morgan fingerprint density at radius 2 is 1.80 bits per heavy atom. The second kappa shape index (κ2) is 7.22. The second-order valence-corrected chi connectivity index (χ2v) is 4.88. The number of benzene rings is 2. The maximum Gasteiger partial charge on any atom is 0.108 e. The third-order valence-corrected chi connectivity index (χ3v) is 2.93. The lowest BCUT2D eigenvalue weighted by Crippen LogP contribution is -2.20. The summed E-state index contributed by atoms with van der Waals surface area (Å²) in [4.78, 5) is 1.69. The van der Waals surface area contributed by atoms with E-state index in [1.165, 1.54) is 0 Å². The van der Waals surface area contributed by atoms with Crippen molar-refractivity contribution in [2.45, 2.75) is 13.0 Å². The topological polar surface area (TPSA) is 12.5 Å². The highest BCUT2D eigenvalue weighted by molar-refractivity contribution is 5.35. The Labute approximate surface area is 129 Å². The van der Waals surface area contributed by atoms with Gasteiger partial charge < -0.3 is 9.64 Å². The van der Waals surface area contributed by atoms with Crippen LogP contribution in [0.4, 0.5) is 0 Å². The molecule has 20 heavy (non-hydrogen) atoms. The van der Waals surface area contributed by atoms with Crippen molar-refractivity contribution in [1.29, 1.82) is 0 Å². The molecule has 0 fully saturated rings. The molecule has 2 heteroatoms. The van der Waals surface area contributed by atoms with Crippen molar-refractivity contribution in [1.82, 2.24) is 4.90 Å². The Bertz CT molecular complexity index is 685. The molecule has 2 nitrogen and oxygen atoms in total. The SMILES string of the molecule is [2H]C([2H])(CN(C)C)OC(c1ccccc1)c1ccccc1C([2H])([2H])[2H]. The maximum absolute atomic E-state index is 8.17. The van der Waals surface area contributed by atoms with Gasteiger partial charge in [-0.2, -0.15) is 0 Å². The zero-order chi connectivity index (χ0) is 18.7. The van der Waals surface area contributed by atoms with E-state index in [4.69, 9.17) is 11.6 Å². The molecule has 0 saturated heterocycles. The van der Waals surface area contributed by atoms with Gasteiger partial charge in [-0.1, -0.05) is 54.6 Å². The molecule has 2 aromatic rings. The fourth-order valence-electron chi connectivity index (χ4n) is 1.91. The van der Waals surface area contributed by atoms with Gasteiger partial charge in [0.15, 0.2) is 0 Å². The van der Waals surface area contributed by atoms with Gasteiger partial charge in [-0.05, 0) is 37.6 Å². The van der Waals surface area contributed by atoms with Crippen molar-refractivity contribution >= 4 is 0 Å². The van der Waals surface area contributed by atoms with E-state index in [-0.39, 0.29) is 12.1 Å². The Balaban J connectivity index is 2.51. The van der Waals surface area contributed by atoms with Gasteiger partial charge >= 0.3 is 0 Å². The minimum Gasteiger partial charge on any atom is -0.367 e. The average molecular weight is 274 g/mol. The lowest BCUT2D eigenvalue weighted by molar-refractivity contribution is 0.0683. The highest BCUT2D eigenvalue weighted by Crippen LogP contribution is 2.28. The van der Waals surface area contributed by atoms with Crippen LogP contribution >= 0.6 is 0 Å². The summed E-state index contributed by atoms with van der Waals surface area (Å²) in [7, 11) is 3.52. The van der Waals surface area contributed by atoms with Gasteiger partial charge in [-0.25, -0.2) is 0 Å². The fourth-order valence-corrected chi connectivity index (χ4v) is 1.91. The van der Waals surface area contributed by atoms with Crippen LogP contribution in [0, 0.1) is 6.85 Å². The van der Waals surface area contributed by atoms with Crippen LogP contribution in [0.15, 0.2) is 54.6 Å². The molecule has 2 aromatic carbocycles. The summed E-state index contributed by atoms with van der Waals surface area (Å²) in [6, 6.07) is 15.8. The summed E-state index contributed by atoms with van der Waals surface area (Å²) >= 11 is 0. The minimum absolute atomic E-state index is 0.0618. The first-order valence-electron chi connectivity index (χ1n) is 9.07. The largest absolute Gasteiger partial charge is 0.367 e. The number of hydrogen-bond acceptors (Lipinski definition) is 2. The fraction of sp³-hybridized carbons (Fsp3) is 0.333. The molecule has 0 spiro atoms. The van der Waals surface area contributed by atoms with Crippen LogP contribution in [0.5, 0.6) is 0 Å². The summed E-state index contributed by atoms with van der Waals surface area (Å²) in [5.41, 5.74) is 1.34. The predicted molar refractivity (Wildman–Crippen MR) is 84.0 cm³/mol. The lowest BCUT2D eigenvalue weighted by Gasteiger charge is -2.22. The summed E-state index contributed by atoms with van der Waals surface area (Å²) in [6.07, 6.45) is -0.812. The smallest absolute Gasteiger partial charge is 0.108 e. The number of ether oxygens (including phenoxy) is 1. The van der Waals surface area contributed by atoms with Crippen LogP contribution in [0.2, 0.25) is 0 Å². The molecule has 1 atom stereocenters. The first-order valence-corrected chi connectivity index (χ1v) is 6.57. The van der Waals surface area contributed by atoms with E-state index in [2.05, 4.69) is 0 Å². The zero-order valence-corrected chi connectivity index (χ0v) is 11.8. The monoisotopic (exact) mass is 274 g/mol. The van der Waals surface area contributed by atoms with Gasteiger partial charge in [0.25, 0.3) is 0 Å². The first-order chi connectivity index (χ1) is 11.6. The predicted octanol–water partition coefficient (Wildman–Crippen LogP) is 3.66. The summed E-state index contributed by atoms with van der Waals surface area (Å²) in [5, 5.41) is 0. The zero-order valence-electron chi connectivity index (χ0n) is 16.8. The van der Waals surface area contributed by atoms with Gasteiger partial charge in [-0.15, -0.1) is 0 Å². The van der Waals surface area contributed by atoms with Crippen LogP contribution in [0.25, 0.3) is 0 Å². The van der Waals surface area contributed by atoms with E-state index in [0.29, 0.717) is 11.1 Å². The van der Waals surface area contributed by atoms with Crippen LogP contribution in [0.1, 0.15) is 29.6 Å². The van der Waals surface area contributed by atoms with Gasteiger partial charge in [0.05, 0.1) is 9.30 Å². The third kappa shape index (κ3) is 3.92. The molecule has 106 valence electrons. The van der Waals surface area contributed by atoms with Crippen LogP contribution in [0.3, 0.4) is 0 Å². The van der Waals surface area contributed by atoms with Crippen LogP contribution in [-0.2, 0) is 4.74 Å². The normalized spacial score (nSPS) is 17.6. The standard InChI is InChI=1S/C18H23NO/c1-15-9-7-8-12-17(15)18(20-14-13-19(2)3)16-10-5-4-6-11-16/h4-12,18H,13-14H2,1-3H3/i1D3,14D2. The number of nitrogens with zero attached hydrogens (tertiary/aromatic N) is 1. The van der Waals surface area contributed by atoms with Crippen molar-refractivity contribution < 1.29 is 11.6 Å². The van der Waals surface area contributed by atoms with E-state index in [1.54, 1.807) is 43.3 Å². The molecule has 0 saturated carbocycles. The Kier molecular flexibility index (Phi) is 3.37. The molecule has 2 rings (SSSR count). The third-order valence-electron chi connectivity index (χ3n) is 2.93. The van der Waals surface area contributed by atoms with Crippen molar-refractivity contribution in [3.05, 3.63) is 71.3 Å². The highest BCUT2D eigenvalue weighted by Gasteiger charge is 2.16. The van der Waals surface area contributed by atoms with Crippen LogP contribution in [-0.4, -0.2) is 32.1 Å². The first kappa shape index (κ1) is 9.32. The Morgan fingerprint density at radius 3 is 2.50 bits per heavy atom. The van der Waals surface area contributed by atoms with E-state index in [0.717, 1.165) is 0 Å². The molecule has 0 aliphatic heterocycles. The summed E-state index contributed by atoms with van der Waals surface area (Å²) in [5.74, 6) is 0. The van der Waals surface area contributed by atoms with E-state index in [1.807, 2.05) is 30.3 Å². The lowest BCUT2D eigenvalue weighted by atomic mass is 9.97. The molecule has 0 amide bonds. The quantitative estimate of drug-likeness (QED) is 0.797. The van der Waals surface area contributed by atoms with Gasteiger partial charge in [0.2, 0.25) is 0 Å².